The molecular formula is C23H23FN4OS. The molecule has 2 aromatic carbocycles. The quantitative estimate of drug-likeness (QED) is 0.546. The predicted octanol–water partition coefficient (Wildman–Crippen LogP) is 5.56. The highest BCUT2D eigenvalue weighted by atomic mass is 32.1. The van der Waals surface area contributed by atoms with Gasteiger partial charge in [0.15, 0.2) is 0 Å². The van der Waals surface area contributed by atoms with Crippen molar-refractivity contribution in [1.82, 2.24) is 4.98 Å². The Morgan fingerprint density at radius 2 is 1.77 bits per heavy atom. The zero-order valence-corrected chi connectivity index (χ0v) is 17.7. The van der Waals surface area contributed by atoms with Crippen LogP contribution in [0.4, 0.5) is 15.8 Å². The predicted molar refractivity (Wildman–Crippen MR) is 122 cm³/mol. The number of hydrogen-bond acceptors (Lipinski definition) is 5. The Balaban J connectivity index is 1.56. The fourth-order valence-electron chi connectivity index (χ4n) is 3.60. The van der Waals surface area contributed by atoms with Crippen molar-refractivity contribution in [1.29, 1.82) is 5.41 Å². The average Bonchev–Trinajstić information content (AvgIpc) is 3.34. The summed E-state index contributed by atoms with van der Waals surface area (Å²) < 4.78 is 13.2. The number of thiazole rings is 1. The number of hydrogen-bond donors (Lipinski definition) is 2. The van der Waals surface area contributed by atoms with Crippen molar-refractivity contribution in [3.05, 3.63) is 70.5 Å². The van der Waals surface area contributed by atoms with E-state index < -0.39 is 0 Å². The van der Waals surface area contributed by atoms with Gasteiger partial charge in [0.05, 0.1) is 17.8 Å². The van der Waals surface area contributed by atoms with E-state index in [4.69, 9.17) is 5.41 Å². The lowest BCUT2D eigenvalue weighted by molar-refractivity contribution is 0.411. The number of aliphatic hydroxyl groups is 1. The molecule has 0 fully saturated rings. The summed E-state index contributed by atoms with van der Waals surface area (Å²) >= 11 is 1.37. The van der Waals surface area contributed by atoms with Crippen LogP contribution in [-0.2, 0) is 0 Å². The van der Waals surface area contributed by atoms with Crippen molar-refractivity contribution < 1.29 is 9.50 Å². The van der Waals surface area contributed by atoms with E-state index in [2.05, 4.69) is 23.7 Å². The van der Waals surface area contributed by atoms with Crippen LogP contribution in [0.3, 0.4) is 0 Å². The zero-order valence-electron chi connectivity index (χ0n) is 16.9. The first-order valence-corrected chi connectivity index (χ1v) is 10.7. The van der Waals surface area contributed by atoms with E-state index in [1.165, 1.54) is 23.5 Å². The van der Waals surface area contributed by atoms with Crippen LogP contribution in [0.2, 0.25) is 0 Å². The number of benzene rings is 2. The second kappa shape index (κ2) is 8.28. The molecule has 5 nitrogen and oxygen atoms in total. The minimum absolute atomic E-state index is 0.132. The van der Waals surface area contributed by atoms with Gasteiger partial charge in [-0.15, -0.1) is 11.3 Å². The van der Waals surface area contributed by atoms with Gasteiger partial charge >= 0.3 is 0 Å². The van der Waals surface area contributed by atoms with Gasteiger partial charge in [0.2, 0.25) is 0 Å². The lowest BCUT2D eigenvalue weighted by Crippen LogP contribution is -2.26. The van der Waals surface area contributed by atoms with Gasteiger partial charge in [-0.05, 0) is 62.4 Å². The monoisotopic (exact) mass is 422 g/mol. The molecule has 0 aliphatic carbocycles. The van der Waals surface area contributed by atoms with Gasteiger partial charge in [0.25, 0.3) is 0 Å². The van der Waals surface area contributed by atoms with E-state index in [-0.39, 0.29) is 24.0 Å². The highest BCUT2D eigenvalue weighted by molar-refractivity contribution is 7.11. The van der Waals surface area contributed by atoms with Gasteiger partial charge < -0.3 is 14.9 Å². The number of nitrogens with zero attached hydrogens (tertiary/aromatic N) is 3. The Kier molecular flexibility index (Phi) is 5.55. The van der Waals surface area contributed by atoms with Crippen molar-refractivity contribution in [2.45, 2.75) is 13.8 Å². The minimum Gasteiger partial charge on any atom is -0.510 e. The van der Waals surface area contributed by atoms with Gasteiger partial charge in [0, 0.05) is 35.4 Å². The molecule has 3 aromatic rings. The van der Waals surface area contributed by atoms with Gasteiger partial charge in [-0.2, -0.15) is 0 Å². The molecule has 1 aromatic heterocycles. The molecule has 0 saturated carbocycles. The molecule has 0 atom stereocenters. The minimum atomic E-state index is -0.296. The van der Waals surface area contributed by atoms with Crippen LogP contribution < -0.4 is 9.80 Å². The maximum atomic E-state index is 13.2. The van der Waals surface area contributed by atoms with Crippen LogP contribution in [0.1, 0.15) is 18.9 Å². The van der Waals surface area contributed by atoms with Gasteiger partial charge in [-0.3, -0.25) is 5.41 Å². The number of amidine groups is 1. The molecule has 0 unspecified atom stereocenters. The average molecular weight is 423 g/mol. The Morgan fingerprint density at radius 3 is 2.40 bits per heavy atom. The summed E-state index contributed by atoms with van der Waals surface area (Å²) in [4.78, 5) is 8.61. The molecule has 0 saturated heterocycles. The summed E-state index contributed by atoms with van der Waals surface area (Å²) in [7, 11) is 0. The van der Waals surface area contributed by atoms with Crippen LogP contribution in [0.25, 0.3) is 16.8 Å². The SMILES string of the molecule is CCN(CC)c1ccc(N2CC(O)=C(c3nc(-c4ccc(F)cc4)cs3)C2=N)cc1. The van der Waals surface area contributed by atoms with Crippen LogP contribution in [-0.4, -0.2) is 35.6 Å². The molecule has 0 bridgehead atoms. The number of halogens is 1. The first-order valence-electron chi connectivity index (χ1n) is 9.87. The summed E-state index contributed by atoms with van der Waals surface area (Å²) in [6.07, 6.45) is 0. The largest absolute Gasteiger partial charge is 0.510 e. The van der Waals surface area contributed by atoms with Gasteiger partial charge in [-0.25, -0.2) is 9.37 Å². The highest BCUT2D eigenvalue weighted by Crippen LogP contribution is 2.35. The number of rotatable bonds is 6. The normalized spacial score (nSPS) is 14.0. The number of anilines is 2. The Hall–Kier alpha value is -3.19. The summed E-state index contributed by atoms with van der Waals surface area (Å²) in [5, 5.41) is 21.7. The summed E-state index contributed by atoms with van der Waals surface area (Å²) in [6.45, 7) is 6.35. The maximum absolute atomic E-state index is 13.2. The third kappa shape index (κ3) is 3.68. The third-order valence-corrected chi connectivity index (χ3v) is 6.11. The molecule has 0 radical (unpaired) electrons. The second-order valence-corrected chi connectivity index (χ2v) is 7.85. The fourth-order valence-corrected chi connectivity index (χ4v) is 4.49. The highest BCUT2D eigenvalue weighted by Gasteiger charge is 2.31. The Bertz CT molecular complexity index is 1090. The molecule has 0 spiro atoms. The van der Waals surface area contributed by atoms with Crippen LogP contribution >= 0.6 is 11.3 Å². The molecule has 0 amide bonds. The van der Waals surface area contributed by atoms with E-state index in [1.807, 2.05) is 29.6 Å². The second-order valence-electron chi connectivity index (χ2n) is 6.99. The maximum Gasteiger partial charge on any atom is 0.139 e. The molecule has 2 N–H and O–H groups in total. The van der Waals surface area contributed by atoms with Crippen molar-refractivity contribution in [2.24, 2.45) is 0 Å². The van der Waals surface area contributed by atoms with E-state index >= 15 is 0 Å². The number of nitrogens with one attached hydrogen (secondary N) is 1. The lowest BCUT2D eigenvalue weighted by atomic mass is 10.2. The summed E-state index contributed by atoms with van der Waals surface area (Å²) in [5.41, 5.74) is 3.93. The lowest BCUT2D eigenvalue weighted by Gasteiger charge is -2.23. The standard InChI is InChI=1S/C23H23FN4OS/c1-3-27(4-2)17-9-11-18(12-10-17)28-13-20(29)21(22(28)25)23-26-19(14-30-23)15-5-7-16(24)8-6-15/h5-12,14,25,29H,3-4,13H2,1-2H3. The molecule has 1 aliphatic heterocycles. The number of aromatic nitrogens is 1. The fraction of sp³-hybridized carbons (Fsp3) is 0.217. The van der Waals surface area contributed by atoms with Crippen LogP contribution in [0.15, 0.2) is 59.7 Å². The first kappa shape index (κ1) is 20.1. The summed E-state index contributed by atoms with van der Waals surface area (Å²) in [5.74, 6) is 0.0608. The van der Waals surface area contributed by atoms with Crippen molar-refractivity contribution in [3.63, 3.8) is 0 Å². The van der Waals surface area contributed by atoms with Crippen LogP contribution in [0, 0.1) is 11.2 Å². The Morgan fingerprint density at radius 1 is 1.10 bits per heavy atom. The molecule has 7 heteroatoms. The Labute approximate surface area is 179 Å². The third-order valence-electron chi connectivity index (χ3n) is 5.25. The van der Waals surface area contributed by atoms with Crippen molar-refractivity contribution in [2.75, 3.05) is 29.4 Å². The van der Waals surface area contributed by atoms with E-state index in [1.54, 1.807) is 17.0 Å². The molecule has 2 heterocycles. The molecule has 4 rings (SSSR count). The van der Waals surface area contributed by atoms with Gasteiger partial charge in [-0.1, -0.05) is 0 Å². The molecule has 30 heavy (non-hydrogen) atoms. The van der Waals surface area contributed by atoms with Crippen molar-refractivity contribution >= 4 is 34.1 Å². The molecule has 1 aliphatic rings. The van der Waals surface area contributed by atoms with Gasteiger partial charge in [0.1, 0.15) is 22.4 Å². The molecule has 154 valence electrons. The van der Waals surface area contributed by atoms with Crippen LogP contribution in [0.5, 0.6) is 0 Å². The number of aliphatic hydroxyl groups excluding tert-OH is 1. The van der Waals surface area contributed by atoms with E-state index in [0.717, 1.165) is 30.0 Å². The smallest absolute Gasteiger partial charge is 0.139 e. The van der Waals surface area contributed by atoms with Crippen molar-refractivity contribution in [3.8, 4) is 11.3 Å². The summed E-state index contributed by atoms with van der Waals surface area (Å²) in [6, 6.07) is 14.2. The topological polar surface area (TPSA) is 63.5 Å². The molecular weight excluding hydrogens is 399 g/mol. The zero-order chi connectivity index (χ0) is 21.3. The van der Waals surface area contributed by atoms with E-state index in [0.29, 0.717) is 16.3 Å². The first-order chi connectivity index (χ1) is 14.5. The van der Waals surface area contributed by atoms with E-state index in [9.17, 15) is 9.50 Å².